The summed E-state index contributed by atoms with van der Waals surface area (Å²) in [4.78, 5) is 14.2. The van der Waals surface area contributed by atoms with Crippen LogP contribution < -0.4 is 0 Å². The van der Waals surface area contributed by atoms with Gasteiger partial charge in [-0.15, -0.1) is 0 Å². The van der Waals surface area contributed by atoms with Crippen molar-refractivity contribution < 1.29 is 18.0 Å². The van der Waals surface area contributed by atoms with Crippen molar-refractivity contribution in [1.29, 1.82) is 0 Å². The second-order valence-corrected chi connectivity index (χ2v) is 6.64. The number of aromatic amines is 1. The SMILES string of the molecule is CCn1ncc(C(=O)N2CCCC(c3n[nH]c(=S)n3C)C2)c1C(F)(F)F. The predicted octanol–water partition coefficient (Wildman–Crippen LogP) is 2.73. The van der Waals surface area contributed by atoms with E-state index in [0.717, 1.165) is 17.3 Å². The smallest absolute Gasteiger partial charge is 0.338 e. The number of amides is 1. The van der Waals surface area contributed by atoms with Crippen LogP contribution in [0.5, 0.6) is 0 Å². The van der Waals surface area contributed by atoms with E-state index < -0.39 is 23.3 Å². The Morgan fingerprint density at radius 3 is 2.77 bits per heavy atom. The Hall–Kier alpha value is -2.17. The van der Waals surface area contributed by atoms with Crippen LogP contribution in [0.2, 0.25) is 0 Å². The molecule has 142 valence electrons. The van der Waals surface area contributed by atoms with Crippen LogP contribution in [0.25, 0.3) is 0 Å². The van der Waals surface area contributed by atoms with Crippen molar-refractivity contribution in [1.82, 2.24) is 29.4 Å². The summed E-state index contributed by atoms with van der Waals surface area (Å²) in [6.45, 7) is 2.28. The summed E-state index contributed by atoms with van der Waals surface area (Å²) < 4.78 is 43.2. The topological polar surface area (TPSA) is 71.7 Å². The maximum Gasteiger partial charge on any atom is 0.433 e. The molecule has 1 atom stereocenters. The van der Waals surface area contributed by atoms with Crippen molar-refractivity contribution in [3.05, 3.63) is 28.0 Å². The molecule has 0 bridgehead atoms. The number of halogens is 3. The minimum atomic E-state index is -4.64. The molecule has 3 rings (SSSR count). The highest BCUT2D eigenvalue weighted by Crippen LogP contribution is 2.34. The fourth-order valence-electron chi connectivity index (χ4n) is 3.35. The highest BCUT2D eigenvalue weighted by Gasteiger charge is 2.41. The van der Waals surface area contributed by atoms with Crippen molar-refractivity contribution in [3.63, 3.8) is 0 Å². The van der Waals surface area contributed by atoms with Gasteiger partial charge in [-0.1, -0.05) is 0 Å². The number of nitrogens with zero attached hydrogens (tertiary/aromatic N) is 5. The fraction of sp³-hybridized carbons (Fsp3) is 0.600. The molecule has 1 saturated heterocycles. The third-order valence-electron chi connectivity index (χ3n) is 4.63. The van der Waals surface area contributed by atoms with Crippen LogP contribution in [0.4, 0.5) is 13.2 Å². The quantitative estimate of drug-likeness (QED) is 0.821. The van der Waals surface area contributed by atoms with Gasteiger partial charge in [0, 0.05) is 32.6 Å². The first-order valence-corrected chi connectivity index (χ1v) is 8.68. The Morgan fingerprint density at radius 2 is 2.19 bits per heavy atom. The van der Waals surface area contributed by atoms with Crippen LogP contribution in [0.1, 0.15) is 47.6 Å². The molecule has 1 unspecified atom stereocenters. The highest BCUT2D eigenvalue weighted by molar-refractivity contribution is 7.71. The summed E-state index contributed by atoms with van der Waals surface area (Å²) in [5.74, 6) is -0.0347. The molecule has 1 fully saturated rings. The maximum absolute atomic E-state index is 13.4. The number of rotatable bonds is 3. The molecule has 1 N–H and O–H groups in total. The third-order valence-corrected chi connectivity index (χ3v) is 4.99. The lowest BCUT2D eigenvalue weighted by atomic mass is 9.96. The van der Waals surface area contributed by atoms with E-state index in [1.165, 1.54) is 4.90 Å². The monoisotopic (exact) mass is 388 g/mol. The highest BCUT2D eigenvalue weighted by atomic mass is 32.1. The van der Waals surface area contributed by atoms with E-state index in [0.29, 0.717) is 30.1 Å². The molecule has 1 amide bonds. The van der Waals surface area contributed by atoms with Gasteiger partial charge in [-0.05, 0) is 32.0 Å². The zero-order chi connectivity index (χ0) is 19.1. The Balaban J connectivity index is 1.88. The number of aryl methyl sites for hydroxylation is 1. The average molecular weight is 388 g/mol. The number of aromatic nitrogens is 5. The molecule has 0 radical (unpaired) electrons. The van der Waals surface area contributed by atoms with E-state index in [4.69, 9.17) is 12.2 Å². The molecule has 0 saturated carbocycles. The van der Waals surface area contributed by atoms with Gasteiger partial charge in [0.15, 0.2) is 10.5 Å². The van der Waals surface area contributed by atoms with Gasteiger partial charge in [0.2, 0.25) is 0 Å². The van der Waals surface area contributed by atoms with E-state index >= 15 is 0 Å². The minimum absolute atomic E-state index is 0.0372. The van der Waals surface area contributed by atoms with Crippen molar-refractivity contribution in [2.24, 2.45) is 7.05 Å². The molecule has 2 aromatic heterocycles. The number of H-pyrrole nitrogens is 1. The first kappa shape index (κ1) is 18.6. The number of carbonyl (C=O) groups excluding carboxylic acids is 1. The van der Waals surface area contributed by atoms with Crippen LogP contribution in [0, 0.1) is 4.77 Å². The number of hydrogen-bond acceptors (Lipinski definition) is 4. The van der Waals surface area contributed by atoms with Crippen LogP contribution in [0.3, 0.4) is 0 Å². The lowest BCUT2D eigenvalue weighted by molar-refractivity contribution is -0.144. The molecule has 7 nitrogen and oxygen atoms in total. The molecular weight excluding hydrogens is 369 g/mol. The molecule has 26 heavy (non-hydrogen) atoms. The van der Waals surface area contributed by atoms with E-state index in [1.54, 1.807) is 18.5 Å². The minimum Gasteiger partial charge on any atom is -0.338 e. The lowest BCUT2D eigenvalue weighted by Gasteiger charge is -2.32. The normalized spacial score (nSPS) is 18.3. The first-order chi connectivity index (χ1) is 12.2. The Kier molecular flexibility index (Phi) is 4.91. The van der Waals surface area contributed by atoms with Gasteiger partial charge in [0.1, 0.15) is 5.82 Å². The zero-order valence-electron chi connectivity index (χ0n) is 14.4. The van der Waals surface area contributed by atoms with Gasteiger partial charge >= 0.3 is 6.18 Å². The van der Waals surface area contributed by atoms with Crippen molar-refractivity contribution in [2.45, 2.75) is 38.4 Å². The molecule has 0 aliphatic carbocycles. The maximum atomic E-state index is 13.4. The second-order valence-electron chi connectivity index (χ2n) is 6.26. The summed E-state index contributed by atoms with van der Waals surface area (Å²) in [5, 5.41) is 10.6. The van der Waals surface area contributed by atoms with Gasteiger partial charge < -0.3 is 9.47 Å². The Bertz CT molecular complexity index is 868. The van der Waals surface area contributed by atoms with Crippen molar-refractivity contribution >= 4 is 18.1 Å². The van der Waals surface area contributed by atoms with Gasteiger partial charge in [-0.2, -0.15) is 23.4 Å². The molecule has 1 aliphatic heterocycles. The van der Waals surface area contributed by atoms with Gasteiger partial charge in [0.25, 0.3) is 5.91 Å². The predicted molar refractivity (Wildman–Crippen MR) is 89.2 cm³/mol. The zero-order valence-corrected chi connectivity index (χ0v) is 15.2. The largest absolute Gasteiger partial charge is 0.433 e. The van der Waals surface area contributed by atoms with Crippen molar-refractivity contribution in [2.75, 3.05) is 13.1 Å². The molecule has 2 aromatic rings. The number of alkyl halides is 3. The van der Waals surface area contributed by atoms with Gasteiger partial charge in [-0.25, -0.2) is 0 Å². The first-order valence-electron chi connectivity index (χ1n) is 8.27. The average Bonchev–Trinajstić information content (AvgIpc) is 3.18. The summed E-state index contributed by atoms with van der Waals surface area (Å²) in [7, 11) is 1.77. The van der Waals surface area contributed by atoms with Gasteiger partial charge in [-0.3, -0.25) is 14.6 Å². The molecule has 0 spiro atoms. The summed E-state index contributed by atoms with van der Waals surface area (Å²) in [5.41, 5.74) is -1.40. The summed E-state index contributed by atoms with van der Waals surface area (Å²) >= 11 is 5.10. The van der Waals surface area contributed by atoms with Crippen molar-refractivity contribution in [3.8, 4) is 0 Å². The van der Waals surface area contributed by atoms with E-state index in [1.807, 2.05) is 0 Å². The van der Waals surface area contributed by atoms with Gasteiger partial charge in [0.05, 0.1) is 11.8 Å². The number of carbonyl (C=O) groups is 1. The van der Waals surface area contributed by atoms with E-state index in [-0.39, 0.29) is 12.5 Å². The third kappa shape index (κ3) is 3.27. The van der Waals surface area contributed by atoms with Crippen LogP contribution >= 0.6 is 12.2 Å². The Labute approximate surface area is 152 Å². The standard InChI is InChI=1S/C15H19F3N6OS/c1-3-24-11(15(16,17)18)10(7-19-24)13(25)23-6-4-5-9(8-23)12-20-21-14(26)22(12)2/h7,9H,3-6,8H2,1-2H3,(H,21,26). The lowest BCUT2D eigenvalue weighted by Crippen LogP contribution is -2.40. The van der Waals surface area contributed by atoms with Crippen LogP contribution in [-0.2, 0) is 19.8 Å². The number of piperidine rings is 1. The summed E-state index contributed by atoms with van der Waals surface area (Å²) in [6.07, 6.45) is -2.16. The molecular formula is C15H19F3N6OS. The van der Waals surface area contributed by atoms with Crippen LogP contribution in [-0.4, -0.2) is 48.4 Å². The molecule has 3 heterocycles. The molecule has 11 heteroatoms. The number of hydrogen-bond donors (Lipinski definition) is 1. The molecule has 1 aliphatic rings. The number of likely N-dealkylation sites (tertiary alicyclic amines) is 1. The fourth-order valence-corrected chi connectivity index (χ4v) is 3.49. The van der Waals surface area contributed by atoms with E-state index in [2.05, 4.69) is 15.3 Å². The molecule has 0 aromatic carbocycles. The number of nitrogens with one attached hydrogen (secondary N) is 1. The van der Waals surface area contributed by atoms with Crippen LogP contribution in [0.15, 0.2) is 6.20 Å². The summed E-state index contributed by atoms with van der Waals surface area (Å²) in [6, 6.07) is 0. The van der Waals surface area contributed by atoms with E-state index in [9.17, 15) is 18.0 Å². The second kappa shape index (κ2) is 6.86. The Morgan fingerprint density at radius 1 is 1.46 bits per heavy atom.